The zero-order valence-corrected chi connectivity index (χ0v) is 23.4. The molecule has 2 saturated carbocycles. The first kappa shape index (κ1) is 26.3. The van der Waals surface area contributed by atoms with E-state index in [2.05, 4.69) is 31.9 Å². The summed E-state index contributed by atoms with van der Waals surface area (Å²) in [6, 6.07) is 9.08. The van der Waals surface area contributed by atoms with Crippen molar-refractivity contribution in [1.29, 1.82) is 0 Å². The maximum atomic E-state index is 13.7. The Morgan fingerprint density at radius 3 is 2.16 bits per heavy atom. The number of nitrogens with zero attached hydrogens (tertiary/aromatic N) is 3. The van der Waals surface area contributed by atoms with Crippen LogP contribution in [0, 0.1) is 33.8 Å². The lowest BCUT2D eigenvalue weighted by atomic mass is 9.81. The first-order valence-electron chi connectivity index (χ1n) is 11.2. The number of non-ortho nitro benzene ring substituents is 1. The first-order valence-corrected chi connectivity index (χ1v) is 13.8. The van der Waals surface area contributed by atoms with Crippen LogP contribution >= 0.6 is 55.1 Å². The number of nitro benzene ring substituents is 1. The van der Waals surface area contributed by atoms with Crippen LogP contribution in [0.5, 0.6) is 0 Å². The second-order valence-corrected chi connectivity index (χ2v) is 12.1. The van der Waals surface area contributed by atoms with Gasteiger partial charge in [0, 0.05) is 32.9 Å². The van der Waals surface area contributed by atoms with E-state index in [4.69, 9.17) is 23.2 Å². The molecule has 37 heavy (non-hydrogen) atoms. The Bertz CT molecular complexity index is 1340. The van der Waals surface area contributed by atoms with E-state index in [1.165, 1.54) is 36.4 Å². The number of imide groups is 1. The zero-order chi connectivity index (χ0) is 26.8. The summed E-state index contributed by atoms with van der Waals surface area (Å²) in [6.07, 6.45) is 0.694. The SMILES string of the molecule is O=C(CN(C(=O)c1ccc(Cl)c(Cl)c1)N1C(=O)[C@@H]2[C@H]3C[C@@H]([C@@H](Br)[C@H]3Br)[C@H]2C1=O)c1cccc([N+](=O)[O-])c1. The summed E-state index contributed by atoms with van der Waals surface area (Å²) in [5.41, 5.74) is -0.334. The number of halogens is 4. The Morgan fingerprint density at radius 1 is 0.973 bits per heavy atom. The molecule has 1 aliphatic heterocycles. The van der Waals surface area contributed by atoms with Gasteiger partial charge in [-0.3, -0.25) is 29.3 Å². The van der Waals surface area contributed by atoms with Gasteiger partial charge in [0.05, 0.1) is 26.8 Å². The van der Waals surface area contributed by atoms with Crippen molar-refractivity contribution in [2.24, 2.45) is 23.7 Å². The Hall–Kier alpha value is -2.34. The average Bonchev–Trinajstić information content (AvgIpc) is 3.48. The summed E-state index contributed by atoms with van der Waals surface area (Å²) in [4.78, 5) is 64.6. The number of hydrazine groups is 1. The molecule has 0 N–H and O–H groups in total. The van der Waals surface area contributed by atoms with Crippen molar-refractivity contribution in [2.75, 3.05) is 6.54 Å². The number of Topliss-reactive ketones (excluding diaryl/α,β-unsaturated/α-hetero) is 1. The van der Waals surface area contributed by atoms with Gasteiger partial charge in [0.15, 0.2) is 5.78 Å². The summed E-state index contributed by atoms with van der Waals surface area (Å²) >= 11 is 19.3. The molecule has 2 aromatic carbocycles. The molecule has 2 bridgehead atoms. The minimum absolute atomic E-state index is 0.0126. The van der Waals surface area contributed by atoms with Crippen LogP contribution < -0.4 is 0 Å². The number of carbonyl (C=O) groups is 4. The highest BCUT2D eigenvalue weighted by Crippen LogP contribution is 2.60. The maximum absolute atomic E-state index is 13.7. The van der Waals surface area contributed by atoms with Crippen molar-refractivity contribution in [1.82, 2.24) is 10.0 Å². The molecule has 0 radical (unpaired) electrons. The molecule has 3 fully saturated rings. The molecule has 3 amide bonds. The highest BCUT2D eigenvalue weighted by molar-refractivity contribution is 9.12. The number of benzene rings is 2. The van der Waals surface area contributed by atoms with Gasteiger partial charge < -0.3 is 0 Å². The third-order valence-electron chi connectivity index (χ3n) is 7.28. The molecule has 0 unspecified atom stereocenters. The number of carbonyl (C=O) groups excluding carboxylic acids is 4. The van der Waals surface area contributed by atoms with E-state index in [-0.39, 0.29) is 48.3 Å². The number of fused-ring (bicyclic) bond motifs is 5. The third-order valence-corrected chi connectivity index (χ3v) is 11.2. The van der Waals surface area contributed by atoms with E-state index < -0.39 is 46.8 Å². The van der Waals surface area contributed by atoms with Crippen molar-refractivity contribution < 1.29 is 24.1 Å². The Balaban J connectivity index is 1.52. The third kappa shape index (κ3) is 4.29. The molecule has 0 spiro atoms. The van der Waals surface area contributed by atoms with E-state index >= 15 is 0 Å². The minimum Gasteiger partial charge on any atom is -0.292 e. The van der Waals surface area contributed by atoms with Crippen LogP contribution in [0.25, 0.3) is 0 Å². The number of hydrogen-bond donors (Lipinski definition) is 0. The molecule has 1 heterocycles. The second-order valence-electron chi connectivity index (χ2n) is 9.21. The van der Waals surface area contributed by atoms with Gasteiger partial charge in [-0.2, -0.15) is 5.01 Å². The van der Waals surface area contributed by atoms with Crippen LogP contribution in [0.3, 0.4) is 0 Å². The monoisotopic (exact) mass is 671 g/mol. The van der Waals surface area contributed by atoms with Crippen molar-refractivity contribution in [3.63, 3.8) is 0 Å². The highest BCUT2D eigenvalue weighted by atomic mass is 79.9. The molecule has 13 heteroatoms. The van der Waals surface area contributed by atoms with Crippen LogP contribution in [0.1, 0.15) is 27.1 Å². The predicted molar refractivity (Wildman–Crippen MR) is 141 cm³/mol. The van der Waals surface area contributed by atoms with Crippen LogP contribution in [-0.2, 0) is 9.59 Å². The van der Waals surface area contributed by atoms with Crippen LogP contribution in [0.15, 0.2) is 42.5 Å². The van der Waals surface area contributed by atoms with E-state index in [1.54, 1.807) is 0 Å². The number of nitro groups is 1. The predicted octanol–water partition coefficient (Wildman–Crippen LogP) is 4.92. The number of amides is 3. The standard InChI is InChI=1S/C24H17Br2Cl2N3O6/c25-20-13-8-14(21(20)26)19-18(13)23(34)30(24(19)35)29(22(33)11-4-5-15(27)16(28)7-11)9-17(32)10-2-1-3-12(6-10)31(36)37/h1-7,13-14,18-21H,8-9H2/t13-,14-,18-,19-,20-,21+/m1/s1. The molecule has 5 rings (SSSR count). The summed E-state index contributed by atoms with van der Waals surface area (Å²) < 4.78 is 0. The Labute approximate surface area is 237 Å². The Morgan fingerprint density at radius 2 is 1.59 bits per heavy atom. The summed E-state index contributed by atoms with van der Waals surface area (Å²) in [5.74, 6) is -4.03. The van der Waals surface area contributed by atoms with E-state index in [0.717, 1.165) is 16.1 Å². The average molecular weight is 674 g/mol. The number of hydrogen-bond acceptors (Lipinski definition) is 6. The molecular weight excluding hydrogens is 657 g/mol. The number of ketones is 1. The molecule has 2 aliphatic carbocycles. The van der Waals surface area contributed by atoms with Crippen molar-refractivity contribution in [3.05, 3.63) is 73.8 Å². The molecule has 1 saturated heterocycles. The number of rotatable bonds is 6. The molecule has 3 aliphatic rings. The fourth-order valence-electron chi connectivity index (χ4n) is 5.60. The molecule has 0 aromatic heterocycles. The second kappa shape index (κ2) is 9.76. The lowest BCUT2D eigenvalue weighted by Crippen LogP contribution is -2.52. The summed E-state index contributed by atoms with van der Waals surface area (Å²) in [6.45, 7) is -0.692. The van der Waals surface area contributed by atoms with E-state index in [0.29, 0.717) is 6.42 Å². The first-order chi connectivity index (χ1) is 17.5. The number of alkyl halides is 2. The normalized spacial score (nSPS) is 27.9. The van der Waals surface area contributed by atoms with Gasteiger partial charge >= 0.3 is 0 Å². The van der Waals surface area contributed by atoms with Crippen LogP contribution in [0.2, 0.25) is 10.0 Å². The quantitative estimate of drug-likeness (QED) is 0.141. The summed E-state index contributed by atoms with van der Waals surface area (Å²) in [5, 5.41) is 13.0. The van der Waals surface area contributed by atoms with Crippen LogP contribution in [-0.4, -0.2) is 54.6 Å². The largest absolute Gasteiger partial charge is 0.292 e. The zero-order valence-electron chi connectivity index (χ0n) is 18.7. The summed E-state index contributed by atoms with van der Waals surface area (Å²) in [7, 11) is 0. The molecule has 192 valence electrons. The fraction of sp³-hybridized carbons (Fsp3) is 0.333. The van der Waals surface area contributed by atoms with Crippen molar-refractivity contribution in [2.45, 2.75) is 16.1 Å². The van der Waals surface area contributed by atoms with Gasteiger partial charge in [0.1, 0.15) is 6.54 Å². The van der Waals surface area contributed by atoms with E-state index in [9.17, 15) is 29.3 Å². The van der Waals surface area contributed by atoms with Gasteiger partial charge in [-0.05, 0) is 36.5 Å². The van der Waals surface area contributed by atoms with Gasteiger partial charge in [-0.15, -0.1) is 0 Å². The van der Waals surface area contributed by atoms with Gasteiger partial charge in [0.25, 0.3) is 23.4 Å². The maximum Gasteiger partial charge on any atom is 0.273 e. The molecular formula is C24H17Br2Cl2N3O6. The minimum atomic E-state index is -0.808. The Kier molecular flexibility index (Phi) is 6.93. The lowest BCUT2D eigenvalue weighted by molar-refractivity contribution is -0.384. The smallest absolute Gasteiger partial charge is 0.273 e. The van der Waals surface area contributed by atoms with Gasteiger partial charge in [-0.1, -0.05) is 67.2 Å². The van der Waals surface area contributed by atoms with Crippen molar-refractivity contribution >= 4 is 84.3 Å². The highest BCUT2D eigenvalue weighted by Gasteiger charge is 2.67. The van der Waals surface area contributed by atoms with Crippen molar-refractivity contribution in [3.8, 4) is 0 Å². The van der Waals surface area contributed by atoms with Gasteiger partial charge in [0.2, 0.25) is 0 Å². The molecule has 2 aromatic rings. The van der Waals surface area contributed by atoms with Gasteiger partial charge in [-0.25, -0.2) is 5.01 Å². The fourth-order valence-corrected chi connectivity index (χ4v) is 7.77. The lowest BCUT2D eigenvalue weighted by Gasteiger charge is -2.31. The molecule has 9 nitrogen and oxygen atoms in total. The molecule has 6 atom stereocenters. The van der Waals surface area contributed by atoms with Crippen LogP contribution in [0.4, 0.5) is 5.69 Å². The van der Waals surface area contributed by atoms with E-state index in [1.807, 2.05) is 0 Å². The topological polar surface area (TPSA) is 118 Å².